The average Bonchev–Trinajstić information content (AvgIpc) is 2.61. The highest BCUT2D eigenvalue weighted by Gasteiger charge is 2.34. The predicted molar refractivity (Wildman–Crippen MR) is 94.5 cm³/mol. The maximum absolute atomic E-state index is 12.5. The molecule has 1 aromatic carbocycles. The van der Waals surface area contributed by atoms with E-state index in [0.717, 1.165) is 36.7 Å². The van der Waals surface area contributed by atoms with E-state index in [1.165, 1.54) is 32.1 Å². The molecule has 0 aromatic heterocycles. The summed E-state index contributed by atoms with van der Waals surface area (Å²) < 4.78 is 0. The fourth-order valence-electron chi connectivity index (χ4n) is 4.47. The van der Waals surface area contributed by atoms with Gasteiger partial charge in [0.25, 0.3) is 0 Å². The number of hydrogen-bond donors (Lipinski definition) is 2. The molecule has 0 heterocycles. The zero-order valence-electron chi connectivity index (χ0n) is 14.3. The zero-order chi connectivity index (χ0) is 16.9. The first-order valence-electron chi connectivity index (χ1n) is 9.30. The van der Waals surface area contributed by atoms with Crippen LogP contribution in [0.1, 0.15) is 60.9 Å². The molecule has 1 aromatic rings. The van der Waals surface area contributed by atoms with Crippen LogP contribution in [-0.2, 0) is 11.2 Å². The maximum atomic E-state index is 12.5. The summed E-state index contributed by atoms with van der Waals surface area (Å²) >= 11 is 0. The fraction of sp³-hybridized carbons (Fsp3) is 0.600. The van der Waals surface area contributed by atoms with E-state index in [-0.39, 0.29) is 11.8 Å². The van der Waals surface area contributed by atoms with Crippen molar-refractivity contribution in [3.05, 3.63) is 35.4 Å². The summed E-state index contributed by atoms with van der Waals surface area (Å²) in [5.41, 5.74) is 6.85. The van der Waals surface area contributed by atoms with Crippen LogP contribution in [0.5, 0.6) is 0 Å². The summed E-state index contributed by atoms with van der Waals surface area (Å²) in [6.07, 6.45) is 9.48. The molecular formula is C20H28N2O2. The third-order valence-corrected chi connectivity index (χ3v) is 5.83. The Morgan fingerprint density at radius 1 is 1.08 bits per heavy atom. The quantitative estimate of drug-likeness (QED) is 0.872. The van der Waals surface area contributed by atoms with E-state index in [1.807, 2.05) is 18.2 Å². The van der Waals surface area contributed by atoms with E-state index < -0.39 is 5.91 Å². The monoisotopic (exact) mass is 328 g/mol. The molecule has 2 saturated carbocycles. The zero-order valence-corrected chi connectivity index (χ0v) is 14.3. The molecule has 3 atom stereocenters. The van der Waals surface area contributed by atoms with Gasteiger partial charge in [-0.15, -0.1) is 0 Å². The normalized spacial score (nSPS) is 26.4. The van der Waals surface area contributed by atoms with Gasteiger partial charge in [0, 0.05) is 18.0 Å². The summed E-state index contributed by atoms with van der Waals surface area (Å²) in [6.45, 7) is 0.617. The lowest BCUT2D eigenvalue weighted by molar-refractivity contribution is -0.127. The third-order valence-electron chi connectivity index (χ3n) is 5.83. The van der Waals surface area contributed by atoms with Gasteiger partial charge in [-0.2, -0.15) is 0 Å². The standard InChI is InChI=1S/C20H28N2O2/c21-19(23)17-7-3-4-14(12-17)10-11-22-20(24)18-9-8-15-5-1-2-6-16(15)13-18/h3-4,7,12,15-16,18H,1-2,5-6,8-11,13H2,(H2,21,23)(H,22,24)/t15-,16-,18+/m0/s1. The van der Waals surface area contributed by atoms with Gasteiger partial charge in [0.05, 0.1) is 0 Å². The van der Waals surface area contributed by atoms with Crippen LogP contribution >= 0.6 is 0 Å². The molecule has 3 N–H and O–H groups in total. The Kier molecular flexibility index (Phi) is 5.54. The number of benzene rings is 1. The lowest BCUT2D eigenvalue weighted by Crippen LogP contribution is -2.38. The van der Waals surface area contributed by atoms with Gasteiger partial charge in [-0.1, -0.05) is 37.8 Å². The molecule has 4 heteroatoms. The van der Waals surface area contributed by atoms with Gasteiger partial charge in [-0.05, 0) is 55.2 Å². The minimum absolute atomic E-state index is 0.196. The second-order valence-corrected chi connectivity index (χ2v) is 7.42. The highest BCUT2D eigenvalue weighted by Crippen LogP contribution is 2.42. The highest BCUT2D eigenvalue weighted by molar-refractivity contribution is 5.92. The first-order valence-corrected chi connectivity index (χ1v) is 9.30. The Morgan fingerprint density at radius 3 is 2.67 bits per heavy atom. The average molecular weight is 328 g/mol. The van der Waals surface area contributed by atoms with Crippen molar-refractivity contribution in [2.75, 3.05) is 6.54 Å². The van der Waals surface area contributed by atoms with Gasteiger partial charge in [0.1, 0.15) is 0 Å². The lowest BCUT2D eigenvalue weighted by atomic mass is 9.67. The Bertz CT molecular complexity index is 599. The molecule has 2 fully saturated rings. The first kappa shape index (κ1) is 17.0. The molecule has 4 nitrogen and oxygen atoms in total. The van der Waals surface area contributed by atoms with Crippen LogP contribution < -0.4 is 11.1 Å². The molecule has 24 heavy (non-hydrogen) atoms. The van der Waals surface area contributed by atoms with Gasteiger partial charge in [0.2, 0.25) is 11.8 Å². The van der Waals surface area contributed by atoms with Crippen molar-refractivity contribution in [2.24, 2.45) is 23.5 Å². The molecule has 3 rings (SSSR count). The number of primary amides is 1. The molecule has 0 spiro atoms. The van der Waals surface area contributed by atoms with Gasteiger partial charge < -0.3 is 11.1 Å². The molecule has 0 aliphatic heterocycles. The Balaban J connectivity index is 1.46. The number of hydrogen-bond acceptors (Lipinski definition) is 2. The molecule has 0 radical (unpaired) electrons. The van der Waals surface area contributed by atoms with Crippen LogP contribution in [0.15, 0.2) is 24.3 Å². The fourth-order valence-corrected chi connectivity index (χ4v) is 4.47. The summed E-state index contributed by atoms with van der Waals surface area (Å²) in [7, 11) is 0. The van der Waals surface area contributed by atoms with Crippen molar-refractivity contribution in [3.8, 4) is 0 Å². The largest absolute Gasteiger partial charge is 0.366 e. The van der Waals surface area contributed by atoms with Crippen LogP contribution in [0.2, 0.25) is 0 Å². The van der Waals surface area contributed by atoms with E-state index in [2.05, 4.69) is 5.32 Å². The number of nitrogens with two attached hydrogens (primary N) is 1. The second-order valence-electron chi connectivity index (χ2n) is 7.42. The number of fused-ring (bicyclic) bond motifs is 1. The number of carbonyl (C=O) groups is 2. The number of amides is 2. The molecule has 2 aliphatic carbocycles. The summed E-state index contributed by atoms with van der Waals surface area (Å²) in [6, 6.07) is 7.32. The third kappa shape index (κ3) is 4.16. The van der Waals surface area contributed by atoms with Gasteiger partial charge in [0.15, 0.2) is 0 Å². The lowest BCUT2D eigenvalue weighted by Gasteiger charge is -2.38. The number of rotatable bonds is 5. The van der Waals surface area contributed by atoms with Crippen molar-refractivity contribution in [1.82, 2.24) is 5.32 Å². The predicted octanol–water partition coefficient (Wildman–Crippen LogP) is 3.05. The topological polar surface area (TPSA) is 72.2 Å². The van der Waals surface area contributed by atoms with Crippen molar-refractivity contribution in [3.63, 3.8) is 0 Å². The molecule has 0 saturated heterocycles. The smallest absolute Gasteiger partial charge is 0.248 e. The summed E-state index contributed by atoms with van der Waals surface area (Å²) in [4.78, 5) is 23.7. The molecule has 130 valence electrons. The summed E-state index contributed by atoms with van der Waals surface area (Å²) in [5.74, 6) is 1.64. The van der Waals surface area contributed by atoms with E-state index in [0.29, 0.717) is 12.1 Å². The van der Waals surface area contributed by atoms with Crippen molar-refractivity contribution < 1.29 is 9.59 Å². The van der Waals surface area contributed by atoms with Crippen molar-refractivity contribution >= 4 is 11.8 Å². The van der Waals surface area contributed by atoms with Gasteiger partial charge in [-0.3, -0.25) is 9.59 Å². The highest BCUT2D eigenvalue weighted by atomic mass is 16.2. The van der Waals surface area contributed by atoms with Crippen LogP contribution in [-0.4, -0.2) is 18.4 Å². The SMILES string of the molecule is NC(=O)c1cccc(CCNC(=O)[C@@H]2CC[C@@H]3CCCC[C@H]3C2)c1. The second kappa shape index (κ2) is 7.82. The van der Waals surface area contributed by atoms with Gasteiger partial charge in [-0.25, -0.2) is 0 Å². The van der Waals surface area contributed by atoms with E-state index in [4.69, 9.17) is 5.73 Å². The maximum Gasteiger partial charge on any atom is 0.248 e. The summed E-state index contributed by atoms with van der Waals surface area (Å²) in [5, 5.41) is 3.09. The molecular weight excluding hydrogens is 300 g/mol. The molecule has 0 bridgehead atoms. The Labute approximate surface area is 144 Å². The van der Waals surface area contributed by atoms with Crippen molar-refractivity contribution in [2.45, 2.75) is 51.4 Å². The van der Waals surface area contributed by atoms with E-state index >= 15 is 0 Å². The Morgan fingerprint density at radius 2 is 1.88 bits per heavy atom. The van der Waals surface area contributed by atoms with Crippen LogP contribution in [0.4, 0.5) is 0 Å². The minimum Gasteiger partial charge on any atom is -0.366 e. The van der Waals surface area contributed by atoms with Crippen LogP contribution in [0.3, 0.4) is 0 Å². The van der Waals surface area contributed by atoms with E-state index in [9.17, 15) is 9.59 Å². The van der Waals surface area contributed by atoms with E-state index in [1.54, 1.807) is 6.07 Å². The first-order chi connectivity index (χ1) is 11.6. The molecule has 2 amide bonds. The Hall–Kier alpha value is -1.84. The number of nitrogens with one attached hydrogen (secondary N) is 1. The minimum atomic E-state index is -0.412. The van der Waals surface area contributed by atoms with Crippen LogP contribution in [0, 0.1) is 17.8 Å². The number of carbonyl (C=O) groups excluding carboxylic acids is 2. The van der Waals surface area contributed by atoms with Crippen molar-refractivity contribution in [1.29, 1.82) is 0 Å². The van der Waals surface area contributed by atoms with Crippen LogP contribution in [0.25, 0.3) is 0 Å². The van der Waals surface area contributed by atoms with Gasteiger partial charge >= 0.3 is 0 Å². The molecule has 0 unspecified atom stereocenters. The molecule has 2 aliphatic rings.